The lowest BCUT2D eigenvalue weighted by Crippen LogP contribution is -2.39. The average molecular weight is 410 g/mol. The smallest absolute Gasteiger partial charge is 0.335 e. The van der Waals surface area contributed by atoms with Crippen molar-refractivity contribution in [3.05, 3.63) is 59.2 Å². The number of aromatic carboxylic acids is 1. The van der Waals surface area contributed by atoms with Crippen LogP contribution in [0, 0.1) is 12.8 Å². The van der Waals surface area contributed by atoms with Gasteiger partial charge in [0.05, 0.1) is 29.5 Å². The van der Waals surface area contributed by atoms with Crippen molar-refractivity contribution < 1.29 is 24.2 Å². The molecular formula is C23H26N2O5. The minimum absolute atomic E-state index is 0.0805. The fraction of sp³-hybridized carbons (Fsp3) is 0.348. The van der Waals surface area contributed by atoms with Gasteiger partial charge in [0, 0.05) is 18.7 Å². The topological polar surface area (TPSA) is 95.9 Å². The molecule has 0 spiro atoms. The Morgan fingerprint density at radius 3 is 2.50 bits per heavy atom. The van der Waals surface area contributed by atoms with Crippen molar-refractivity contribution in [1.82, 2.24) is 0 Å². The van der Waals surface area contributed by atoms with Crippen LogP contribution in [0.3, 0.4) is 0 Å². The van der Waals surface area contributed by atoms with Crippen molar-refractivity contribution >= 4 is 29.2 Å². The molecule has 30 heavy (non-hydrogen) atoms. The summed E-state index contributed by atoms with van der Waals surface area (Å²) in [4.78, 5) is 38.4. The van der Waals surface area contributed by atoms with E-state index in [0.717, 1.165) is 18.4 Å². The van der Waals surface area contributed by atoms with Gasteiger partial charge in [0.15, 0.2) is 0 Å². The molecule has 2 aromatic carbocycles. The molecule has 2 aromatic rings. The van der Waals surface area contributed by atoms with Gasteiger partial charge >= 0.3 is 11.9 Å². The number of esters is 1. The van der Waals surface area contributed by atoms with E-state index in [9.17, 15) is 19.5 Å². The molecule has 1 amide bonds. The first kappa shape index (κ1) is 21.4. The maximum absolute atomic E-state index is 12.7. The third-order valence-electron chi connectivity index (χ3n) is 5.19. The van der Waals surface area contributed by atoms with E-state index >= 15 is 0 Å². The summed E-state index contributed by atoms with van der Waals surface area (Å²) < 4.78 is 5.17. The molecule has 7 nitrogen and oxygen atoms in total. The van der Waals surface area contributed by atoms with E-state index in [1.807, 2.05) is 24.0 Å². The molecule has 0 radical (unpaired) electrons. The van der Waals surface area contributed by atoms with Gasteiger partial charge in [0.2, 0.25) is 0 Å². The Hall–Kier alpha value is -3.35. The molecule has 0 aliphatic carbocycles. The number of nitrogens with zero attached hydrogens (tertiary/aromatic N) is 1. The van der Waals surface area contributed by atoms with Gasteiger partial charge in [-0.1, -0.05) is 17.7 Å². The summed E-state index contributed by atoms with van der Waals surface area (Å²) in [5.74, 6) is -1.87. The first-order chi connectivity index (χ1) is 14.4. The van der Waals surface area contributed by atoms with Gasteiger partial charge in [-0.3, -0.25) is 9.59 Å². The number of ether oxygens (including phenoxy) is 1. The number of rotatable bonds is 6. The molecule has 1 saturated heterocycles. The van der Waals surface area contributed by atoms with E-state index in [4.69, 9.17) is 4.74 Å². The van der Waals surface area contributed by atoms with Crippen LogP contribution in [0.2, 0.25) is 0 Å². The minimum atomic E-state index is -1.07. The standard InChI is InChI=1S/C23H26N2O5/c1-3-30-23(29)18-5-4-12-25(14-18)20-11-10-17(22(27)28)13-19(20)24-21(26)16-8-6-15(2)7-9-16/h6-11,13,18H,3-5,12,14H2,1-2H3,(H,24,26)(H,27,28)/t18-/m1/s1. The molecule has 0 unspecified atom stereocenters. The number of piperidine rings is 1. The Kier molecular flexibility index (Phi) is 6.72. The second kappa shape index (κ2) is 9.43. The number of carbonyl (C=O) groups is 3. The number of benzene rings is 2. The Bertz CT molecular complexity index is 939. The zero-order valence-corrected chi connectivity index (χ0v) is 17.2. The van der Waals surface area contributed by atoms with Gasteiger partial charge in [0.25, 0.3) is 5.91 Å². The van der Waals surface area contributed by atoms with Crippen molar-refractivity contribution in [2.24, 2.45) is 5.92 Å². The number of hydrogen-bond donors (Lipinski definition) is 2. The van der Waals surface area contributed by atoms with Crippen molar-refractivity contribution in [1.29, 1.82) is 0 Å². The number of hydrogen-bond acceptors (Lipinski definition) is 5. The number of amides is 1. The lowest BCUT2D eigenvalue weighted by molar-refractivity contribution is -0.148. The number of nitrogens with one attached hydrogen (secondary N) is 1. The predicted octanol–water partition coefficient (Wildman–Crippen LogP) is 3.73. The van der Waals surface area contributed by atoms with Crippen molar-refractivity contribution in [3.8, 4) is 0 Å². The summed E-state index contributed by atoms with van der Waals surface area (Å²) in [7, 11) is 0. The third kappa shape index (κ3) is 4.97. The second-order valence-corrected chi connectivity index (χ2v) is 7.39. The highest BCUT2D eigenvalue weighted by Gasteiger charge is 2.28. The average Bonchev–Trinajstić information content (AvgIpc) is 2.74. The number of carbonyl (C=O) groups excluding carboxylic acids is 2. The van der Waals surface area contributed by atoms with Crippen molar-refractivity contribution in [2.75, 3.05) is 29.9 Å². The molecule has 1 aliphatic heterocycles. The van der Waals surface area contributed by atoms with Gasteiger partial charge in [-0.2, -0.15) is 0 Å². The fourth-order valence-electron chi connectivity index (χ4n) is 3.59. The fourth-order valence-corrected chi connectivity index (χ4v) is 3.59. The van der Waals surface area contributed by atoms with Crippen LogP contribution in [0.25, 0.3) is 0 Å². The largest absolute Gasteiger partial charge is 0.478 e. The maximum atomic E-state index is 12.7. The lowest BCUT2D eigenvalue weighted by atomic mass is 9.97. The molecule has 0 bridgehead atoms. The van der Waals surface area contributed by atoms with Crippen LogP contribution >= 0.6 is 0 Å². The monoisotopic (exact) mass is 410 g/mol. The third-order valence-corrected chi connectivity index (χ3v) is 5.19. The van der Waals surface area contributed by atoms with Crippen LogP contribution < -0.4 is 10.2 Å². The SMILES string of the molecule is CCOC(=O)[C@@H]1CCCN(c2ccc(C(=O)O)cc2NC(=O)c2ccc(C)cc2)C1. The van der Waals surface area contributed by atoms with E-state index in [2.05, 4.69) is 5.32 Å². The Morgan fingerprint density at radius 2 is 1.83 bits per heavy atom. The van der Waals surface area contributed by atoms with Crippen molar-refractivity contribution in [2.45, 2.75) is 26.7 Å². The highest BCUT2D eigenvalue weighted by atomic mass is 16.5. The Balaban J connectivity index is 1.88. The number of carboxylic acids is 1. The summed E-state index contributed by atoms with van der Waals surface area (Å²) in [5, 5.41) is 12.2. The van der Waals surface area contributed by atoms with Gasteiger partial charge in [-0.05, 0) is 57.0 Å². The van der Waals surface area contributed by atoms with Crippen LogP contribution in [0.5, 0.6) is 0 Å². The highest BCUT2D eigenvalue weighted by molar-refractivity contribution is 6.06. The molecule has 1 fully saturated rings. The molecule has 1 heterocycles. The van der Waals surface area contributed by atoms with E-state index in [1.165, 1.54) is 12.1 Å². The maximum Gasteiger partial charge on any atom is 0.335 e. The van der Waals surface area contributed by atoms with E-state index in [-0.39, 0.29) is 23.4 Å². The van der Waals surface area contributed by atoms with Crippen LogP contribution in [0.4, 0.5) is 11.4 Å². The van der Waals surface area contributed by atoms with E-state index in [1.54, 1.807) is 25.1 Å². The minimum Gasteiger partial charge on any atom is -0.478 e. The quantitative estimate of drug-likeness (QED) is 0.705. The predicted molar refractivity (Wildman–Crippen MR) is 114 cm³/mol. The van der Waals surface area contributed by atoms with Gasteiger partial charge in [-0.15, -0.1) is 0 Å². The molecule has 158 valence electrons. The molecule has 7 heteroatoms. The summed E-state index contributed by atoms with van der Waals surface area (Å²) in [6, 6.07) is 11.8. The zero-order chi connectivity index (χ0) is 21.7. The van der Waals surface area contributed by atoms with Gasteiger partial charge < -0.3 is 20.1 Å². The second-order valence-electron chi connectivity index (χ2n) is 7.39. The van der Waals surface area contributed by atoms with Crippen LogP contribution in [-0.4, -0.2) is 42.6 Å². The molecule has 0 aromatic heterocycles. The van der Waals surface area contributed by atoms with Crippen LogP contribution in [0.1, 0.15) is 46.0 Å². The summed E-state index contributed by atoms with van der Waals surface area (Å²) >= 11 is 0. The molecule has 1 atom stereocenters. The Labute approximate surface area is 175 Å². The molecule has 1 aliphatic rings. The normalized spacial score (nSPS) is 16.1. The first-order valence-corrected chi connectivity index (χ1v) is 10.1. The first-order valence-electron chi connectivity index (χ1n) is 10.1. The summed E-state index contributed by atoms with van der Waals surface area (Å²) in [6.07, 6.45) is 1.54. The molecule has 0 saturated carbocycles. The van der Waals surface area contributed by atoms with Crippen LogP contribution in [-0.2, 0) is 9.53 Å². The number of anilines is 2. The van der Waals surface area contributed by atoms with Crippen LogP contribution in [0.15, 0.2) is 42.5 Å². The molecular weight excluding hydrogens is 384 g/mol. The van der Waals surface area contributed by atoms with Gasteiger partial charge in [0.1, 0.15) is 0 Å². The van der Waals surface area contributed by atoms with Gasteiger partial charge in [-0.25, -0.2) is 4.79 Å². The Morgan fingerprint density at radius 1 is 1.13 bits per heavy atom. The number of carboxylic acid groups (broad SMARTS) is 1. The lowest BCUT2D eigenvalue weighted by Gasteiger charge is -2.34. The summed E-state index contributed by atoms with van der Waals surface area (Å²) in [6.45, 7) is 5.21. The van der Waals surface area contributed by atoms with Crippen molar-refractivity contribution in [3.63, 3.8) is 0 Å². The number of aryl methyl sites for hydroxylation is 1. The van der Waals surface area contributed by atoms with E-state index < -0.39 is 5.97 Å². The van der Waals surface area contributed by atoms with E-state index in [0.29, 0.717) is 36.6 Å². The zero-order valence-electron chi connectivity index (χ0n) is 17.2. The summed E-state index contributed by atoms with van der Waals surface area (Å²) in [5.41, 5.74) is 2.70. The molecule has 2 N–H and O–H groups in total. The highest BCUT2D eigenvalue weighted by Crippen LogP contribution is 2.32. The molecule has 3 rings (SSSR count).